The van der Waals surface area contributed by atoms with Gasteiger partial charge in [0.2, 0.25) is 5.91 Å². The number of hydrogen-bond acceptors (Lipinski definition) is 5. The molecule has 0 aromatic heterocycles. The zero-order valence-corrected chi connectivity index (χ0v) is 16.9. The molecule has 2 aromatic rings. The summed E-state index contributed by atoms with van der Waals surface area (Å²) in [5, 5.41) is 5.52. The van der Waals surface area contributed by atoms with Crippen molar-refractivity contribution in [2.75, 3.05) is 19.9 Å². The van der Waals surface area contributed by atoms with Gasteiger partial charge in [0.05, 0.1) is 23.6 Å². The van der Waals surface area contributed by atoms with Crippen LogP contribution in [0.3, 0.4) is 0 Å². The van der Waals surface area contributed by atoms with Crippen LogP contribution in [-0.4, -0.2) is 40.1 Å². The van der Waals surface area contributed by atoms with Crippen molar-refractivity contribution in [2.24, 2.45) is 0 Å². The molecule has 0 unspecified atom stereocenters. The number of benzene rings is 2. The Morgan fingerprint density at radius 3 is 2.32 bits per heavy atom. The lowest BCUT2D eigenvalue weighted by Gasteiger charge is -2.15. The van der Waals surface area contributed by atoms with E-state index in [4.69, 9.17) is 4.74 Å². The van der Waals surface area contributed by atoms with Gasteiger partial charge in [-0.1, -0.05) is 24.3 Å². The van der Waals surface area contributed by atoms with Gasteiger partial charge >= 0.3 is 0 Å². The Kier molecular flexibility index (Phi) is 7.17. The average molecular weight is 404 g/mol. The van der Waals surface area contributed by atoms with E-state index in [2.05, 4.69) is 10.6 Å². The molecule has 0 spiro atoms. The Labute approximate surface area is 165 Å². The fourth-order valence-corrected chi connectivity index (χ4v) is 3.25. The highest BCUT2D eigenvalue weighted by atomic mass is 32.2. The first-order chi connectivity index (χ1) is 13.2. The normalized spacial score (nSPS) is 12.1. The number of para-hydroxylation sites is 1. The SMILES string of the molecule is COc1ccccc1C(=O)NCCC(=O)N[C@H](C)c1ccc(S(C)(=O)=O)cc1. The topological polar surface area (TPSA) is 102 Å². The van der Waals surface area contributed by atoms with Gasteiger partial charge in [0.25, 0.3) is 5.91 Å². The predicted molar refractivity (Wildman–Crippen MR) is 106 cm³/mol. The lowest BCUT2D eigenvalue weighted by atomic mass is 10.1. The van der Waals surface area contributed by atoms with E-state index in [9.17, 15) is 18.0 Å². The van der Waals surface area contributed by atoms with E-state index in [0.29, 0.717) is 11.3 Å². The molecule has 0 saturated heterocycles. The van der Waals surface area contributed by atoms with Crippen LogP contribution in [0.1, 0.15) is 35.3 Å². The molecule has 0 aliphatic heterocycles. The number of amides is 2. The fraction of sp³-hybridized carbons (Fsp3) is 0.300. The van der Waals surface area contributed by atoms with Crippen LogP contribution < -0.4 is 15.4 Å². The molecule has 1 atom stereocenters. The first kappa shape index (κ1) is 21.4. The van der Waals surface area contributed by atoms with E-state index in [1.807, 2.05) is 0 Å². The van der Waals surface area contributed by atoms with Gasteiger partial charge in [-0.05, 0) is 36.8 Å². The molecule has 0 fully saturated rings. The average Bonchev–Trinajstić information content (AvgIpc) is 2.67. The number of rotatable bonds is 8. The third-order valence-corrected chi connectivity index (χ3v) is 5.30. The fourth-order valence-electron chi connectivity index (χ4n) is 2.62. The highest BCUT2D eigenvalue weighted by Gasteiger charge is 2.14. The molecule has 0 aliphatic rings. The van der Waals surface area contributed by atoms with Crippen molar-refractivity contribution in [1.29, 1.82) is 0 Å². The summed E-state index contributed by atoms with van der Waals surface area (Å²) in [5.74, 6) is -0.0645. The third kappa shape index (κ3) is 5.82. The summed E-state index contributed by atoms with van der Waals surface area (Å²) < 4.78 is 28.1. The van der Waals surface area contributed by atoms with E-state index in [1.54, 1.807) is 43.3 Å². The van der Waals surface area contributed by atoms with Crippen LogP contribution in [0.25, 0.3) is 0 Å². The molecule has 2 amide bonds. The Bertz CT molecular complexity index is 939. The molecule has 0 radical (unpaired) electrons. The summed E-state index contributed by atoms with van der Waals surface area (Å²) in [6.07, 6.45) is 1.26. The smallest absolute Gasteiger partial charge is 0.255 e. The molecule has 2 rings (SSSR count). The van der Waals surface area contributed by atoms with Crippen molar-refractivity contribution in [3.8, 4) is 5.75 Å². The zero-order chi connectivity index (χ0) is 20.7. The Morgan fingerprint density at radius 2 is 1.71 bits per heavy atom. The maximum atomic E-state index is 12.2. The van der Waals surface area contributed by atoms with Crippen molar-refractivity contribution >= 4 is 21.7 Å². The zero-order valence-electron chi connectivity index (χ0n) is 16.1. The molecule has 7 nitrogen and oxygen atoms in total. The molecule has 2 N–H and O–H groups in total. The van der Waals surface area contributed by atoms with Crippen molar-refractivity contribution in [3.05, 3.63) is 59.7 Å². The van der Waals surface area contributed by atoms with E-state index in [1.165, 1.54) is 19.2 Å². The Hall–Kier alpha value is -2.87. The van der Waals surface area contributed by atoms with Crippen molar-refractivity contribution in [1.82, 2.24) is 10.6 Å². The number of hydrogen-bond donors (Lipinski definition) is 2. The number of carbonyl (C=O) groups is 2. The van der Waals surface area contributed by atoms with E-state index in [0.717, 1.165) is 11.8 Å². The van der Waals surface area contributed by atoms with Gasteiger partial charge in [0, 0.05) is 19.2 Å². The minimum atomic E-state index is -3.25. The predicted octanol–water partition coefficient (Wildman–Crippen LogP) is 2.10. The molecule has 150 valence electrons. The summed E-state index contributed by atoms with van der Waals surface area (Å²) in [7, 11) is -1.76. The number of ether oxygens (including phenoxy) is 1. The molecule has 0 aliphatic carbocycles. The van der Waals surface area contributed by atoms with Crippen molar-refractivity contribution in [3.63, 3.8) is 0 Å². The number of carbonyl (C=O) groups excluding carboxylic acids is 2. The van der Waals surface area contributed by atoms with E-state index in [-0.39, 0.29) is 35.7 Å². The minimum Gasteiger partial charge on any atom is -0.496 e. The van der Waals surface area contributed by atoms with Gasteiger partial charge in [0.1, 0.15) is 5.75 Å². The van der Waals surface area contributed by atoms with Crippen LogP contribution in [0, 0.1) is 0 Å². The Morgan fingerprint density at radius 1 is 1.07 bits per heavy atom. The summed E-state index contributed by atoms with van der Waals surface area (Å²) in [5.41, 5.74) is 1.20. The van der Waals surface area contributed by atoms with Crippen LogP contribution in [0.15, 0.2) is 53.4 Å². The van der Waals surface area contributed by atoms with Gasteiger partial charge in [-0.25, -0.2) is 8.42 Å². The highest BCUT2D eigenvalue weighted by Crippen LogP contribution is 2.17. The van der Waals surface area contributed by atoms with Gasteiger partial charge in [-0.15, -0.1) is 0 Å². The molecular formula is C20H24N2O5S. The summed E-state index contributed by atoms with van der Waals surface area (Å²) in [4.78, 5) is 24.5. The van der Waals surface area contributed by atoms with Crippen molar-refractivity contribution in [2.45, 2.75) is 24.3 Å². The number of nitrogens with one attached hydrogen (secondary N) is 2. The molecule has 28 heavy (non-hydrogen) atoms. The second kappa shape index (κ2) is 9.36. The molecule has 2 aromatic carbocycles. The lowest BCUT2D eigenvalue weighted by molar-refractivity contribution is -0.121. The van der Waals surface area contributed by atoms with E-state index >= 15 is 0 Å². The maximum Gasteiger partial charge on any atom is 0.255 e. The summed E-state index contributed by atoms with van der Waals surface area (Å²) >= 11 is 0. The minimum absolute atomic E-state index is 0.118. The molecule has 0 bridgehead atoms. The van der Waals surface area contributed by atoms with Crippen molar-refractivity contribution < 1.29 is 22.7 Å². The summed E-state index contributed by atoms with van der Waals surface area (Å²) in [6, 6.07) is 12.9. The van der Waals surface area contributed by atoms with Crippen LogP contribution in [0.4, 0.5) is 0 Å². The van der Waals surface area contributed by atoms with E-state index < -0.39 is 9.84 Å². The number of sulfone groups is 1. The summed E-state index contributed by atoms with van der Waals surface area (Å²) in [6.45, 7) is 1.99. The van der Waals surface area contributed by atoms with Gasteiger partial charge in [-0.2, -0.15) is 0 Å². The van der Waals surface area contributed by atoms with Crippen LogP contribution >= 0.6 is 0 Å². The molecule has 8 heteroatoms. The quantitative estimate of drug-likeness (QED) is 0.702. The van der Waals surface area contributed by atoms with Crippen LogP contribution in [0.5, 0.6) is 5.75 Å². The van der Waals surface area contributed by atoms with Gasteiger partial charge < -0.3 is 15.4 Å². The molecular weight excluding hydrogens is 380 g/mol. The lowest BCUT2D eigenvalue weighted by Crippen LogP contribution is -2.32. The highest BCUT2D eigenvalue weighted by molar-refractivity contribution is 7.90. The monoisotopic (exact) mass is 404 g/mol. The Balaban J connectivity index is 1.84. The van der Waals surface area contributed by atoms with Crippen LogP contribution in [-0.2, 0) is 14.6 Å². The third-order valence-electron chi connectivity index (χ3n) is 4.17. The van der Waals surface area contributed by atoms with Crippen LogP contribution in [0.2, 0.25) is 0 Å². The standard InChI is InChI=1S/C20H24N2O5S/c1-14(15-8-10-16(11-9-15)28(3,25)26)22-19(23)12-13-21-20(24)17-6-4-5-7-18(17)27-2/h4-11,14H,12-13H2,1-3H3,(H,21,24)(H,22,23)/t14-/m1/s1. The van der Waals surface area contributed by atoms with Gasteiger partial charge in [-0.3, -0.25) is 9.59 Å². The molecule has 0 heterocycles. The molecule has 0 saturated carbocycles. The first-order valence-corrected chi connectivity index (χ1v) is 10.6. The second-order valence-corrected chi connectivity index (χ2v) is 8.35. The largest absolute Gasteiger partial charge is 0.496 e. The number of methoxy groups -OCH3 is 1. The second-order valence-electron chi connectivity index (χ2n) is 6.34. The van der Waals surface area contributed by atoms with Gasteiger partial charge in [0.15, 0.2) is 9.84 Å². The maximum absolute atomic E-state index is 12.2. The first-order valence-electron chi connectivity index (χ1n) is 8.73.